The van der Waals surface area contributed by atoms with Crippen LogP contribution < -0.4 is 10.2 Å². The molecule has 0 aromatic heterocycles. The Morgan fingerprint density at radius 1 is 1.37 bits per heavy atom. The zero-order valence-corrected chi connectivity index (χ0v) is 12.6. The predicted octanol–water partition coefficient (Wildman–Crippen LogP) is 3.35. The first-order valence-corrected chi connectivity index (χ1v) is 7.08. The minimum atomic E-state index is -0.117. The number of hydrogen-bond acceptors (Lipinski definition) is 2. The van der Waals surface area contributed by atoms with Crippen molar-refractivity contribution in [2.75, 3.05) is 18.0 Å². The summed E-state index contributed by atoms with van der Waals surface area (Å²) in [6, 6.07) is 5.71. The molecule has 1 atom stereocenters. The van der Waals surface area contributed by atoms with Crippen LogP contribution in [0.15, 0.2) is 18.2 Å². The van der Waals surface area contributed by atoms with Crippen molar-refractivity contribution in [2.24, 2.45) is 5.92 Å². The lowest BCUT2D eigenvalue weighted by Gasteiger charge is -2.47. The van der Waals surface area contributed by atoms with Crippen molar-refractivity contribution in [2.45, 2.75) is 46.2 Å². The Morgan fingerprint density at radius 3 is 2.68 bits per heavy atom. The van der Waals surface area contributed by atoms with Gasteiger partial charge in [0, 0.05) is 24.7 Å². The van der Waals surface area contributed by atoms with E-state index in [9.17, 15) is 4.39 Å². The molecular formula is C16H25FN2. The number of nitrogens with one attached hydrogen (secondary N) is 1. The molecule has 2 rings (SSSR count). The molecule has 1 aromatic carbocycles. The third kappa shape index (κ3) is 3.08. The molecule has 0 spiro atoms. The summed E-state index contributed by atoms with van der Waals surface area (Å²) in [4.78, 5) is 2.24. The average molecular weight is 264 g/mol. The van der Waals surface area contributed by atoms with E-state index in [1.165, 1.54) is 0 Å². The van der Waals surface area contributed by atoms with Crippen LogP contribution in [0.1, 0.15) is 33.3 Å². The molecule has 1 aromatic rings. The van der Waals surface area contributed by atoms with E-state index in [-0.39, 0.29) is 11.4 Å². The molecule has 1 N–H and O–H groups in total. The SMILES string of the molecule is Cc1ccc(F)c(N2CC(C)(C)NCC2C(C)C)c1. The van der Waals surface area contributed by atoms with Gasteiger partial charge in [-0.25, -0.2) is 4.39 Å². The molecule has 19 heavy (non-hydrogen) atoms. The van der Waals surface area contributed by atoms with Gasteiger partial charge in [-0.05, 0) is 44.4 Å². The molecule has 0 saturated carbocycles. The number of halogens is 1. The van der Waals surface area contributed by atoms with E-state index in [2.05, 4.69) is 37.9 Å². The van der Waals surface area contributed by atoms with Crippen molar-refractivity contribution in [3.63, 3.8) is 0 Å². The van der Waals surface area contributed by atoms with Gasteiger partial charge in [0.2, 0.25) is 0 Å². The molecule has 0 amide bonds. The Labute approximate surface area is 116 Å². The van der Waals surface area contributed by atoms with Gasteiger partial charge in [0.15, 0.2) is 0 Å². The maximum atomic E-state index is 14.2. The van der Waals surface area contributed by atoms with E-state index in [1.807, 2.05) is 19.1 Å². The van der Waals surface area contributed by atoms with E-state index in [0.717, 1.165) is 24.3 Å². The van der Waals surface area contributed by atoms with Gasteiger partial charge in [-0.1, -0.05) is 19.9 Å². The van der Waals surface area contributed by atoms with E-state index in [4.69, 9.17) is 0 Å². The minimum absolute atomic E-state index is 0.0155. The lowest BCUT2D eigenvalue weighted by atomic mass is 9.92. The van der Waals surface area contributed by atoms with Gasteiger partial charge in [-0.3, -0.25) is 0 Å². The van der Waals surface area contributed by atoms with E-state index >= 15 is 0 Å². The maximum absolute atomic E-state index is 14.2. The van der Waals surface area contributed by atoms with Crippen LogP contribution in [0.5, 0.6) is 0 Å². The summed E-state index contributed by atoms with van der Waals surface area (Å²) in [6.07, 6.45) is 0. The second kappa shape index (κ2) is 5.12. The average Bonchev–Trinajstić information content (AvgIpc) is 2.30. The number of aryl methyl sites for hydroxylation is 1. The minimum Gasteiger partial charge on any atom is -0.363 e. The topological polar surface area (TPSA) is 15.3 Å². The molecule has 0 bridgehead atoms. The number of anilines is 1. The first kappa shape index (κ1) is 14.3. The summed E-state index contributed by atoms with van der Waals surface area (Å²) < 4.78 is 14.2. The maximum Gasteiger partial charge on any atom is 0.146 e. The highest BCUT2D eigenvalue weighted by molar-refractivity contribution is 5.52. The first-order valence-electron chi connectivity index (χ1n) is 7.08. The van der Waals surface area contributed by atoms with E-state index < -0.39 is 0 Å². The Bertz CT molecular complexity index is 454. The van der Waals surface area contributed by atoms with Gasteiger partial charge in [-0.2, -0.15) is 0 Å². The van der Waals surface area contributed by atoms with Crippen LogP contribution in [0.4, 0.5) is 10.1 Å². The molecule has 1 fully saturated rings. The molecule has 106 valence electrons. The molecule has 0 radical (unpaired) electrons. The summed E-state index contributed by atoms with van der Waals surface area (Å²) in [5.74, 6) is 0.373. The van der Waals surface area contributed by atoms with Crippen LogP contribution in [-0.4, -0.2) is 24.7 Å². The predicted molar refractivity (Wildman–Crippen MR) is 79.2 cm³/mol. The third-order valence-corrected chi connectivity index (χ3v) is 3.94. The molecule has 1 unspecified atom stereocenters. The van der Waals surface area contributed by atoms with Gasteiger partial charge in [0.1, 0.15) is 5.82 Å². The summed E-state index contributed by atoms with van der Waals surface area (Å²) in [5, 5.41) is 3.56. The fourth-order valence-corrected chi connectivity index (χ4v) is 2.79. The molecular weight excluding hydrogens is 239 g/mol. The summed E-state index contributed by atoms with van der Waals surface area (Å²) >= 11 is 0. The van der Waals surface area contributed by atoms with Crippen LogP contribution in [0.2, 0.25) is 0 Å². The largest absolute Gasteiger partial charge is 0.363 e. The second-order valence-electron chi connectivity index (χ2n) is 6.66. The van der Waals surface area contributed by atoms with Crippen LogP contribution in [-0.2, 0) is 0 Å². The Hall–Kier alpha value is -1.09. The Balaban J connectivity index is 2.39. The van der Waals surface area contributed by atoms with Crippen molar-refractivity contribution < 1.29 is 4.39 Å². The molecule has 0 aliphatic carbocycles. The highest BCUT2D eigenvalue weighted by Crippen LogP contribution is 2.29. The molecule has 3 heteroatoms. The molecule has 1 saturated heterocycles. The summed E-state index contributed by atoms with van der Waals surface area (Å²) in [5.41, 5.74) is 1.87. The fourth-order valence-electron chi connectivity index (χ4n) is 2.79. The molecule has 1 heterocycles. The number of hydrogen-bond donors (Lipinski definition) is 1. The van der Waals surface area contributed by atoms with Crippen LogP contribution >= 0.6 is 0 Å². The van der Waals surface area contributed by atoms with Gasteiger partial charge >= 0.3 is 0 Å². The molecule has 2 nitrogen and oxygen atoms in total. The molecule has 1 aliphatic rings. The standard InChI is InChI=1S/C16H25FN2/c1-11(2)15-9-18-16(4,5)10-19(15)14-8-12(3)6-7-13(14)17/h6-8,11,15,18H,9-10H2,1-5H3. The van der Waals surface area contributed by atoms with Crippen molar-refractivity contribution in [1.29, 1.82) is 0 Å². The Kier molecular flexibility index (Phi) is 3.86. The second-order valence-corrected chi connectivity index (χ2v) is 6.66. The monoisotopic (exact) mass is 264 g/mol. The van der Waals surface area contributed by atoms with Crippen molar-refractivity contribution in [1.82, 2.24) is 5.32 Å². The van der Waals surface area contributed by atoms with Crippen molar-refractivity contribution in [3.8, 4) is 0 Å². The zero-order valence-electron chi connectivity index (χ0n) is 12.6. The highest BCUT2D eigenvalue weighted by atomic mass is 19.1. The smallest absolute Gasteiger partial charge is 0.146 e. The molecule has 1 aliphatic heterocycles. The van der Waals surface area contributed by atoms with Gasteiger partial charge in [0.05, 0.1) is 5.69 Å². The highest BCUT2D eigenvalue weighted by Gasteiger charge is 2.35. The van der Waals surface area contributed by atoms with Crippen LogP contribution in [0, 0.1) is 18.7 Å². The number of rotatable bonds is 2. The van der Waals surface area contributed by atoms with Crippen LogP contribution in [0.25, 0.3) is 0 Å². The van der Waals surface area contributed by atoms with Crippen molar-refractivity contribution in [3.05, 3.63) is 29.6 Å². The first-order chi connectivity index (χ1) is 8.80. The normalized spacial score (nSPS) is 22.9. The number of benzene rings is 1. The summed E-state index contributed by atoms with van der Waals surface area (Å²) in [7, 11) is 0. The van der Waals surface area contributed by atoms with Gasteiger partial charge < -0.3 is 10.2 Å². The van der Waals surface area contributed by atoms with Crippen molar-refractivity contribution >= 4 is 5.69 Å². The fraction of sp³-hybridized carbons (Fsp3) is 0.625. The van der Waals surface area contributed by atoms with Gasteiger partial charge in [0.25, 0.3) is 0 Å². The third-order valence-electron chi connectivity index (χ3n) is 3.94. The summed E-state index contributed by atoms with van der Waals surface area (Å²) in [6.45, 7) is 12.5. The quantitative estimate of drug-likeness (QED) is 0.881. The zero-order chi connectivity index (χ0) is 14.2. The number of piperazine rings is 1. The lowest BCUT2D eigenvalue weighted by molar-refractivity contribution is 0.275. The van der Waals surface area contributed by atoms with E-state index in [1.54, 1.807) is 6.07 Å². The number of nitrogens with zero attached hydrogens (tertiary/aromatic N) is 1. The lowest BCUT2D eigenvalue weighted by Crippen LogP contribution is -2.63. The van der Waals surface area contributed by atoms with E-state index in [0.29, 0.717) is 12.0 Å². The van der Waals surface area contributed by atoms with Gasteiger partial charge in [-0.15, -0.1) is 0 Å². The van der Waals surface area contributed by atoms with Crippen LogP contribution in [0.3, 0.4) is 0 Å². The Morgan fingerprint density at radius 2 is 2.05 bits per heavy atom.